The van der Waals surface area contributed by atoms with Gasteiger partial charge in [-0.3, -0.25) is 0 Å². The van der Waals surface area contributed by atoms with Crippen LogP contribution >= 0.6 is 0 Å². The van der Waals surface area contributed by atoms with E-state index in [0.717, 1.165) is 0 Å². The molecule has 0 unspecified atom stereocenters. The van der Waals surface area contributed by atoms with E-state index in [4.69, 9.17) is 0 Å². The molecular weight excluding hydrogens is 173 g/mol. The first kappa shape index (κ1) is 135. The Morgan fingerprint density at radius 1 is 0.750 bits per heavy atom. The average molecular weight is 197 g/mol. The molecule has 0 aliphatic carbocycles. The van der Waals surface area contributed by atoms with Crippen molar-refractivity contribution in [1.82, 2.24) is 0 Å². The quantitative estimate of drug-likeness (QED) is 0.517. The zero-order valence-corrected chi connectivity index (χ0v) is 6.12. The largest absolute Gasteiger partial charge is 0.358 e. The van der Waals surface area contributed by atoms with Gasteiger partial charge in [-0.2, -0.15) is 6.92 Å². The molecule has 0 amide bonds. The van der Waals surface area contributed by atoms with Crippen LogP contribution in [0.1, 0.15) is 36.6 Å². The van der Waals surface area contributed by atoms with Gasteiger partial charge in [0.1, 0.15) is 0 Å². The Morgan fingerprint density at radius 3 is 0.750 bits per heavy atom. The standard InChI is InChI=1S/C2H5.4CH4.CH3.Y/c1-2;;;;;;/h1H2,2H3;4*1H4;1H3;/q-1;;;;;-1;. The second-order valence-electron chi connectivity index (χ2n) is 0. The van der Waals surface area contributed by atoms with E-state index in [9.17, 15) is 0 Å². The summed E-state index contributed by atoms with van der Waals surface area (Å²) in [6.07, 6.45) is 0. The molecule has 0 aromatic rings. The van der Waals surface area contributed by atoms with Gasteiger partial charge in [0.15, 0.2) is 0 Å². The third kappa shape index (κ3) is 217. The fourth-order valence-electron chi connectivity index (χ4n) is 0. The van der Waals surface area contributed by atoms with Gasteiger partial charge in [-0.1, -0.05) is 29.7 Å². The van der Waals surface area contributed by atoms with E-state index >= 15 is 0 Å². The Bertz CT molecular complexity index is 4.35. The Labute approximate surface area is 83.3 Å². The number of hydrogen-bond donors (Lipinski definition) is 0. The maximum absolute atomic E-state index is 3.25. The molecule has 0 rings (SSSR count). The Hall–Kier alpha value is 1.10. The zero-order valence-electron chi connectivity index (χ0n) is 3.28. The van der Waals surface area contributed by atoms with E-state index in [1.54, 1.807) is 6.92 Å². The van der Waals surface area contributed by atoms with Crippen LogP contribution in [0.5, 0.6) is 0 Å². The molecule has 1 radical (unpaired) electrons. The van der Waals surface area contributed by atoms with Crippen molar-refractivity contribution in [2.45, 2.75) is 36.6 Å². The summed E-state index contributed by atoms with van der Waals surface area (Å²) in [4.78, 5) is 0. The van der Waals surface area contributed by atoms with Crippen molar-refractivity contribution in [3.05, 3.63) is 14.4 Å². The third-order valence-corrected chi connectivity index (χ3v) is 0. The summed E-state index contributed by atoms with van der Waals surface area (Å²) in [7, 11) is 0. The van der Waals surface area contributed by atoms with E-state index in [2.05, 4.69) is 6.92 Å². The van der Waals surface area contributed by atoms with Gasteiger partial charge in [0.2, 0.25) is 0 Å². The minimum atomic E-state index is 0. The molecule has 0 N–H and O–H groups in total. The first-order valence-electron chi connectivity index (χ1n) is 0.707. The van der Waals surface area contributed by atoms with Crippen molar-refractivity contribution in [2.24, 2.45) is 0 Å². The molecule has 0 saturated heterocycles. The molecule has 8 heavy (non-hydrogen) atoms. The van der Waals surface area contributed by atoms with Crippen molar-refractivity contribution in [2.75, 3.05) is 0 Å². The van der Waals surface area contributed by atoms with E-state index in [1.807, 2.05) is 0 Å². The second-order valence-corrected chi connectivity index (χ2v) is 0. The van der Waals surface area contributed by atoms with Crippen LogP contribution in [-0.2, 0) is 32.7 Å². The Kier molecular flexibility index (Phi) is 5670. The molecule has 0 saturated carbocycles. The minimum absolute atomic E-state index is 0. The minimum Gasteiger partial charge on any atom is -0.358 e. The van der Waals surface area contributed by atoms with Crippen LogP contribution in [-0.4, -0.2) is 0 Å². The molecule has 0 atom stereocenters. The third-order valence-electron chi connectivity index (χ3n) is 0. The molecule has 0 nitrogen and oxygen atoms in total. The van der Waals surface area contributed by atoms with Crippen molar-refractivity contribution in [1.29, 1.82) is 0 Å². The van der Waals surface area contributed by atoms with E-state index in [1.165, 1.54) is 0 Å². The number of hydrogen-bond acceptors (Lipinski definition) is 0. The van der Waals surface area contributed by atoms with E-state index < -0.39 is 0 Å². The van der Waals surface area contributed by atoms with E-state index in [0.29, 0.717) is 0 Å². The maximum atomic E-state index is 3.25. The van der Waals surface area contributed by atoms with Crippen LogP contribution in [0, 0.1) is 14.4 Å². The van der Waals surface area contributed by atoms with Gasteiger partial charge < -0.3 is 14.4 Å². The first-order valence-corrected chi connectivity index (χ1v) is 0.707. The summed E-state index contributed by atoms with van der Waals surface area (Å²) < 4.78 is 0. The first-order chi connectivity index (χ1) is 1.00. The maximum Gasteiger partial charge on any atom is 0 e. The van der Waals surface area contributed by atoms with Crippen LogP contribution in [0.3, 0.4) is 0 Å². The smallest absolute Gasteiger partial charge is 0 e. The van der Waals surface area contributed by atoms with Crippen molar-refractivity contribution in [3.63, 3.8) is 0 Å². The van der Waals surface area contributed by atoms with Crippen molar-refractivity contribution in [3.8, 4) is 0 Å². The van der Waals surface area contributed by atoms with Crippen LogP contribution in [0.4, 0.5) is 0 Å². The molecular formula is C7H24Y-2. The van der Waals surface area contributed by atoms with Crippen LogP contribution in [0.25, 0.3) is 0 Å². The summed E-state index contributed by atoms with van der Waals surface area (Å²) in [5.74, 6) is 0. The zero-order chi connectivity index (χ0) is 2.00. The molecule has 0 spiro atoms. The van der Waals surface area contributed by atoms with Crippen molar-refractivity contribution < 1.29 is 32.7 Å². The number of rotatable bonds is 0. The van der Waals surface area contributed by atoms with Gasteiger partial charge in [0.25, 0.3) is 0 Å². The van der Waals surface area contributed by atoms with Gasteiger partial charge in [0.05, 0.1) is 0 Å². The summed E-state index contributed by atoms with van der Waals surface area (Å²) in [6.45, 7) is 5.00. The van der Waals surface area contributed by atoms with Crippen LogP contribution in [0.15, 0.2) is 0 Å². The van der Waals surface area contributed by atoms with Gasteiger partial charge in [-0.25, -0.2) is 0 Å². The summed E-state index contributed by atoms with van der Waals surface area (Å²) in [5, 5.41) is 0. The fourth-order valence-corrected chi connectivity index (χ4v) is 0. The molecule has 1 heteroatoms. The molecule has 0 fully saturated rings. The summed E-state index contributed by atoms with van der Waals surface area (Å²) in [5.41, 5.74) is 0. The van der Waals surface area contributed by atoms with Gasteiger partial charge in [-0.15, -0.1) is 0 Å². The molecule has 0 bridgehead atoms. The predicted octanol–water partition coefficient (Wildman–Crippen LogP) is 3.83. The van der Waals surface area contributed by atoms with E-state index in [-0.39, 0.29) is 69.8 Å². The fraction of sp³-hybridized carbons (Fsp3) is 0.714. The topological polar surface area (TPSA) is 0 Å². The van der Waals surface area contributed by atoms with Gasteiger partial charge >= 0.3 is 0 Å². The SMILES string of the molecule is C.C.C.C.[CH2-]C.[CH3-].[Y]. The molecule has 0 aromatic heterocycles. The normalized spacial score (nSPS) is 0.750. The van der Waals surface area contributed by atoms with Crippen LogP contribution < -0.4 is 0 Å². The van der Waals surface area contributed by atoms with Crippen molar-refractivity contribution >= 4 is 0 Å². The Balaban J connectivity index is -0.000000000333. The average Bonchev–Trinajstić information content (AvgIpc) is 1.00. The molecule has 0 heterocycles. The molecule has 0 aromatic carbocycles. The van der Waals surface area contributed by atoms with Gasteiger partial charge in [0, 0.05) is 32.7 Å². The molecule has 0 aliphatic heterocycles. The summed E-state index contributed by atoms with van der Waals surface area (Å²) >= 11 is 0. The van der Waals surface area contributed by atoms with Gasteiger partial charge in [-0.05, 0) is 0 Å². The molecule has 57 valence electrons. The van der Waals surface area contributed by atoms with Crippen LogP contribution in [0.2, 0.25) is 0 Å². The molecule has 0 aliphatic rings. The predicted molar refractivity (Wildman–Crippen MR) is 44.4 cm³/mol. The summed E-state index contributed by atoms with van der Waals surface area (Å²) in [6, 6.07) is 0. The Morgan fingerprint density at radius 2 is 0.750 bits per heavy atom. The monoisotopic (exact) mass is 197 g/mol. The second kappa shape index (κ2) is 336.